The highest BCUT2D eigenvalue weighted by Gasteiger charge is 2.40. The first-order chi connectivity index (χ1) is 14.5. The number of rotatable bonds is 7. The molecular weight excluding hydrogens is 382 g/mol. The summed E-state index contributed by atoms with van der Waals surface area (Å²) in [5, 5.41) is 16.3. The second kappa shape index (κ2) is 8.63. The van der Waals surface area contributed by atoms with E-state index in [4.69, 9.17) is 15.2 Å². The molecule has 2 aromatic rings. The van der Waals surface area contributed by atoms with Crippen molar-refractivity contribution < 1.29 is 19.4 Å². The summed E-state index contributed by atoms with van der Waals surface area (Å²) in [7, 11) is 1.63. The molecule has 5 N–H and O–H groups in total. The maximum Gasteiger partial charge on any atom is 0.407 e. The molecule has 1 amide bonds. The topological polar surface area (TPSA) is 106 Å². The molecule has 1 unspecified atom stereocenters. The van der Waals surface area contributed by atoms with Gasteiger partial charge in [-0.2, -0.15) is 0 Å². The summed E-state index contributed by atoms with van der Waals surface area (Å²) in [6, 6.07) is 15.6. The van der Waals surface area contributed by atoms with Crippen LogP contribution in [0.25, 0.3) is 0 Å². The first-order valence-corrected chi connectivity index (χ1v) is 10.3. The molecule has 2 fully saturated rings. The standard InChI is InChI=1S/C23H29N3O4/c1-29-18-8-4-15(5-9-18)12-19-21(20(27)14-25-19)30-22(28)26-13-16-2-6-17(7-3-16)23(24)10-11-23/h2-9,19-21,25,27H,10-14,24H2,1H3,(H,26,28)/t19-,20?,21+/m1/s1. The lowest BCUT2D eigenvalue weighted by atomic mass is 10.0. The Kier molecular flexibility index (Phi) is 5.94. The Morgan fingerprint density at radius 1 is 1.17 bits per heavy atom. The first-order valence-electron chi connectivity index (χ1n) is 10.3. The molecule has 2 aromatic carbocycles. The van der Waals surface area contributed by atoms with Gasteiger partial charge in [-0.15, -0.1) is 0 Å². The first kappa shape index (κ1) is 20.7. The number of benzene rings is 2. The zero-order valence-corrected chi connectivity index (χ0v) is 17.1. The van der Waals surface area contributed by atoms with Gasteiger partial charge in [0, 0.05) is 18.6 Å². The van der Waals surface area contributed by atoms with Crippen molar-refractivity contribution in [3.8, 4) is 5.75 Å². The summed E-state index contributed by atoms with van der Waals surface area (Å²) in [5.74, 6) is 0.789. The average Bonchev–Trinajstić information content (AvgIpc) is 3.44. The molecular formula is C23H29N3O4. The van der Waals surface area contributed by atoms with Crippen LogP contribution in [-0.2, 0) is 23.2 Å². The summed E-state index contributed by atoms with van der Waals surface area (Å²) in [6.45, 7) is 0.747. The maximum absolute atomic E-state index is 12.3. The fourth-order valence-electron chi connectivity index (χ4n) is 3.85. The second-order valence-electron chi connectivity index (χ2n) is 8.21. The molecule has 1 aliphatic carbocycles. The molecule has 4 rings (SSSR count). The van der Waals surface area contributed by atoms with Crippen molar-refractivity contribution in [3.63, 3.8) is 0 Å². The van der Waals surface area contributed by atoms with Crippen LogP contribution in [0.2, 0.25) is 0 Å². The van der Waals surface area contributed by atoms with Gasteiger partial charge in [0.2, 0.25) is 0 Å². The summed E-state index contributed by atoms with van der Waals surface area (Å²) in [6.07, 6.45) is 0.795. The Hall–Kier alpha value is -2.61. The molecule has 7 heteroatoms. The van der Waals surface area contributed by atoms with Crippen LogP contribution in [0, 0.1) is 0 Å². The number of aliphatic hydroxyl groups excluding tert-OH is 1. The fraction of sp³-hybridized carbons (Fsp3) is 0.435. The van der Waals surface area contributed by atoms with Crippen molar-refractivity contribution in [2.75, 3.05) is 13.7 Å². The third-order valence-corrected chi connectivity index (χ3v) is 5.98. The molecule has 0 spiro atoms. The van der Waals surface area contributed by atoms with Crippen LogP contribution in [0.4, 0.5) is 4.79 Å². The average molecular weight is 412 g/mol. The van der Waals surface area contributed by atoms with Crippen LogP contribution in [-0.4, -0.2) is 43.1 Å². The van der Waals surface area contributed by atoms with Crippen molar-refractivity contribution >= 4 is 6.09 Å². The highest BCUT2D eigenvalue weighted by atomic mass is 16.6. The second-order valence-corrected chi connectivity index (χ2v) is 8.21. The van der Waals surface area contributed by atoms with E-state index in [0.29, 0.717) is 19.5 Å². The lowest BCUT2D eigenvalue weighted by molar-refractivity contribution is 0.0188. The van der Waals surface area contributed by atoms with Gasteiger partial charge >= 0.3 is 6.09 Å². The van der Waals surface area contributed by atoms with Gasteiger partial charge < -0.3 is 30.9 Å². The molecule has 160 valence electrons. The number of hydrogen-bond donors (Lipinski definition) is 4. The van der Waals surface area contributed by atoms with Gasteiger partial charge in [0.15, 0.2) is 0 Å². The molecule has 0 radical (unpaired) electrons. The molecule has 0 bridgehead atoms. The Morgan fingerprint density at radius 2 is 1.83 bits per heavy atom. The van der Waals surface area contributed by atoms with Gasteiger partial charge in [0.1, 0.15) is 18.0 Å². The molecule has 0 aromatic heterocycles. The maximum atomic E-state index is 12.3. The Balaban J connectivity index is 1.29. The lowest BCUT2D eigenvalue weighted by Gasteiger charge is -2.22. The molecule has 1 saturated carbocycles. The predicted molar refractivity (Wildman–Crippen MR) is 113 cm³/mol. The zero-order chi connectivity index (χ0) is 21.1. The van der Waals surface area contributed by atoms with Gasteiger partial charge in [-0.05, 0) is 48.1 Å². The van der Waals surface area contributed by atoms with Crippen molar-refractivity contribution in [2.24, 2.45) is 5.73 Å². The van der Waals surface area contributed by atoms with E-state index in [1.54, 1.807) is 7.11 Å². The van der Waals surface area contributed by atoms with Crippen LogP contribution in [0.1, 0.15) is 29.5 Å². The number of methoxy groups -OCH3 is 1. The van der Waals surface area contributed by atoms with E-state index in [0.717, 1.165) is 35.3 Å². The SMILES string of the molecule is COc1ccc(C[C@H]2NCC(O)[C@H]2OC(=O)NCc2ccc(C3(N)CC3)cc2)cc1. The van der Waals surface area contributed by atoms with E-state index in [9.17, 15) is 9.90 Å². The minimum Gasteiger partial charge on any atom is -0.497 e. The zero-order valence-electron chi connectivity index (χ0n) is 17.1. The Labute approximate surface area is 176 Å². The van der Waals surface area contributed by atoms with Crippen LogP contribution >= 0.6 is 0 Å². The normalized spacial score (nSPS) is 24.3. The molecule has 3 atom stereocenters. The monoisotopic (exact) mass is 411 g/mol. The van der Waals surface area contributed by atoms with E-state index in [2.05, 4.69) is 10.6 Å². The fourth-order valence-corrected chi connectivity index (χ4v) is 3.85. The van der Waals surface area contributed by atoms with E-state index in [-0.39, 0.29) is 11.6 Å². The summed E-state index contributed by atoms with van der Waals surface area (Å²) >= 11 is 0. The molecule has 1 heterocycles. The third-order valence-electron chi connectivity index (χ3n) is 5.98. The summed E-state index contributed by atoms with van der Waals surface area (Å²) in [4.78, 5) is 12.3. The number of ether oxygens (including phenoxy) is 2. The number of hydrogen-bond acceptors (Lipinski definition) is 6. The van der Waals surface area contributed by atoms with Crippen molar-refractivity contribution in [1.29, 1.82) is 0 Å². The van der Waals surface area contributed by atoms with Gasteiger partial charge in [0.05, 0.1) is 13.2 Å². The smallest absolute Gasteiger partial charge is 0.407 e. The third kappa shape index (κ3) is 4.75. The van der Waals surface area contributed by atoms with Crippen molar-refractivity contribution in [2.45, 2.75) is 49.6 Å². The molecule has 30 heavy (non-hydrogen) atoms. The van der Waals surface area contributed by atoms with E-state index in [1.807, 2.05) is 48.5 Å². The van der Waals surface area contributed by atoms with Gasteiger partial charge in [0.25, 0.3) is 0 Å². The lowest BCUT2D eigenvalue weighted by Crippen LogP contribution is -2.41. The molecule has 1 saturated heterocycles. The summed E-state index contributed by atoms with van der Waals surface area (Å²) in [5.41, 5.74) is 9.22. The number of β-amino-alcohol motifs (C(OH)–C–C–N with tert-alkyl or cyclic N) is 1. The van der Waals surface area contributed by atoms with Crippen LogP contribution in [0.3, 0.4) is 0 Å². The van der Waals surface area contributed by atoms with Gasteiger partial charge in [-0.25, -0.2) is 4.79 Å². The number of aliphatic hydroxyl groups is 1. The highest BCUT2D eigenvalue weighted by Crippen LogP contribution is 2.42. The Bertz CT molecular complexity index is 865. The number of carbonyl (C=O) groups is 1. The number of carbonyl (C=O) groups excluding carboxylic acids is 1. The quantitative estimate of drug-likeness (QED) is 0.554. The predicted octanol–water partition coefficient (Wildman–Crippen LogP) is 1.81. The van der Waals surface area contributed by atoms with Gasteiger partial charge in [-0.3, -0.25) is 0 Å². The molecule has 1 aliphatic heterocycles. The summed E-state index contributed by atoms with van der Waals surface area (Å²) < 4.78 is 10.7. The van der Waals surface area contributed by atoms with Gasteiger partial charge in [-0.1, -0.05) is 36.4 Å². The van der Waals surface area contributed by atoms with Crippen LogP contribution < -0.4 is 21.1 Å². The van der Waals surface area contributed by atoms with E-state index in [1.165, 1.54) is 0 Å². The number of nitrogens with two attached hydrogens (primary N) is 1. The minimum absolute atomic E-state index is 0.155. The van der Waals surface area contributed by atoms with Crippen molar-refractivity contribution in [3.05, 3.63) is 65.2 Å². The van der Waals surface area contributed by atoms with Crippen molar-refractivity contribution in [1.82, 2.24) is 10.6 Å². The number of amides is 1. The van der Waals surface area contributed by atoms with Crippen LogP contribution in [0.5, 0.6) is 5.75 Å². The minimum atomic E-state index is -0.738. The highest BCUT2D eigenvalue weighted by molar-refractivity contribution is 5.67. The molecule has 2 aliphatic rings. The van der Waals surface area contributed by atoms with E-state index < -0.39 is 18.3 Å². The molecule has 7 nitrogen and oxygen atoms in total. The van der Waals surface area contributed by atoms with Crippen LogP contribution in [0.15, 0.2) is 48.5 Å². The van der Waals surface area contributed by atoms with E-state index >= 15 is 0 Å². The Morgan fingerprint density at radius 3 is 2.47 bits per heavy atom. The number of alkyl carbamates (subject to hydrolysis) is 1. The number of nitrogens with one attached hydrogen (secondary N) is 2. The largest absolute Gasteiger partial charge is 0.497 e.